The fourth-order valence-electron chi connectivity index (χ4n) is 4.53. The first-order valence-electron chi connectivity index (χ1n) is 11.5. The van der Waals surface area contributed by atoms with E-state index >= 15 is 0 Å². The highest BCUT2D eigenvalue weighted by Crippen LogP contribution is 2.24. The minimum absolute atomic E-state index is 0.383. The monoisotopic (exact) mass is 437 g/mol. The van der Waals surface area contributed by atoms with E-state index < -0.39 is 12.0 Å². The van der Waals surface area contributed by atoms with Gasteiger partial charge in [-0.3, -0.25) is 9.78 Å². The average molecular weight is 438 g/mol. The third-order valence-corrected chi connectivity index (χ3v) is 6.41. The van der Waals surface area contributed by atoms with Gasteiger partial charge in [-0.15, -0.1) is 0 Å². The van der Waals surface area contributed by atoms with E-state index in [1.807, 2.05) is 0 Å². The molecule has 0 spiro atoms. The molecule has 8 heteroatoms. The van der Waals surface area contributed by atoms with E-state index in [-0.39, 0.29) is 5.91 Å². The second-order valence-electron chi connectivity index (χ2n) is 8.72. The van der Waals surface area contributed by atoms with Crippen LogP contribution in [0.25, 0.3) is 0 Å². The summed E-state index contributed by atoms with van der Waals surface area (Å²) >= 11 is 0. The first-order valence-corrected chi connectivity index (χ1v) is 11.5. The lowest BCUT2D eigenvalue weighted by atomic mass is 10.00. The molecule has 2 aliphatic heterocycles. The molecule has 0 saturated carbocycles. The topological polar surface area (TPSA) is 107 Å². The number of pyridine rings is 2. The molecule has 1 amide bonds. The minimum atomic E-state index is -1.00. The van der Waals surface area contributed by atoms with Gasteiger partial charge in [0.2, 0.25) is 0 Å². The van der Waals surface area contributed by atoms with Crippen molar-refractivity contribution in [3.05, 3.63) is 53.5 Å². The Kier molecular flexibility index (Phi) is 7.32. The van der Waals surface area contributed by atoms with Gasteiger partial charge in [-0.25, -0.2) is 9.78 Å². The molecule has 0 aliphatic carbocycles. The molecular formula is C24H31N5O3. The molecule has 1 fully saturated rings. The Labute approximate surface area is 188 Å². The Morgan fingerprint density at radius 3 is 2.91 bits per heavy atom. The zero-order chi connectivity index (χ0) is 22.3. The molecule has 32 heavy (non-hydrogen) atoms. The summed E-state index contributed by atoms with van der Waals surface area (Å²) in [7, 11) is 0. The molecule has 1 saturated heterocycles. The molecule has 2 atom stereocenters. The molecular weight excluding hydrogens is 406 g/mol. The van der Waals surface area contributed by atoms with Crippen molar-refractivity contribution in [3.63, 3.8) is 0 Å². The number of aromatic nitrogens is 2. The lowest BCUT2D eigenvalue weighted by Gasteiger charge is -2.20. The van der Waals surface area contributed by atoms with Crippen LogP contribution in [0.1, 0.15) is 47.3 Å². The Morgan fingerprint density at radius 1 is 1.25 bits per heavy atom. The number of rotatable bonds is 9. The minimum Gasteiger partial charge on any atom is -0.480 e. The molecule has 1 unspecified atom stereocenters. The zero-order valence-corrected chi connectivity index (χ0v) is 18.3. The normalized spacial score (nSPS) is 19.1. The number of likely N-dealkylation sites (tertiary alicyclic amines) is 1. The number of fused-ring (bicyclic) bond motifs is 1. The van der Waals surface area contributed by atoms with Crippen LogP contribution in [-0.4, -0.2) is 64.1 Å². The van der Waals surface area contributed by atoms with E-state index in [9.17, 15) is 14.7 Å². The van der Waals surface area contributed by atoms with Crippen molar-refractivity contribution in [2.45, 2.75) is 44.6 Å². The fourth-order valence-corrected chi connectivity index (χ4v) is 4.53. The van der Waals surface area contributed by atoms with E-state index in [1.165, 1.54) is 24.4 Å². The Bertz CT molecular complexity index is 936. The maximum absolute atomic E-state index is 12.3. The van der Waals surface area contributed by atoms with Crippen molar-refractivity contribution >= 4 is 17.7 Å². The van der Waals surface area contributed by atoms with Crippen LogP contribution in [0.15, 0.2) is 36.7 Å². The predicted molar refractivity (Wildman–Crippen MR) is 122 cm³/mol. The number of hydrogen-bond donors (Lipinski definition) is 3. The van der Waals surface area contributed by atoms with Crippen LogP contribution in [0, 0.1) is 5.92 Å². The van der Waals surface area contributed by atoms with Gasteiger partial charge in [0.15, 0.2) is 0 Å². The van der Waals surface area contributed by atoms with Crippen molar-refractivity contribution < 1.29 is 14.7 Å². The SMILES string of the molecule is O=C(NC(CCN1CC[C@H](CCc2ccc3c(n2)NCCC3)C1)C(=O)O)c1ccncc1. The quantitative estimate of drug-likeness (QED) is 0.553. The third-order valence-electron chi connectivity index (χ3n) is 6.41. The van der Waals surface area contributed by atoms with Crippen LogP contribution >= 0.6 is 0 Å². The highest BCUT2D eigenvalue weighted by Gasteiger charge is 2.26. The van der Waals surface area contributed by atoms with Gasteiger partial charge >= 0.3 is 5.97 Å². The van der Waals surface area contributed by atoms with E-state index in [0.717, 1.165) is 56.8 Å². The summed E-state index contributed by atoms with van der Waals surface area (Å²) in [6, 6.07) is 6.61. The summed E-state index contributed by atoms with van der Waals surface area (Å²) in [6.45, 7) is 3.59. The van der Waals surface area contributed by atoms with Crippen LogP contribution in [0.5, 0.6) is 0 Å². The summed E-state index contributed by atoms with van der Waals surface area (Å²) in [6.07, 6.45) is 8.87. The summed E-state index contributed by atoms with van der Waals surface area (Å²) < 4.78 is 0. The van der Waals surface area contributed by atoms with Gasteiger partial charge in [0, 0.05) is 43.3 Å². The number of anilines is 1. The van der Waals surface area contributed by atoms with Crippen LogP contribution in [0.2, 0.25) is 0 Å². The average Bonchev–Trinajstić information content (AvgIpc) is 3.28. The van der Waals surface area contributed by atoms with Gasteiger partial charge in [-0.05, 0) is 74.8 Å². The molecule has 0 bridgehead atoms. The number of aliphatic carboxylic acids is 1. The van der Waals surface area contributed by atoms with Crippen LogP contribution in [-0.2, 0) is 17.6 Å². The standard InChI is InChI=1S/C24H31N5O3/c30-23(19-7-12-25-13-8-19)28-21(24(31)32)10-15-29-14-9-17(16-29)3-5-20-6-4-18-2-1-11-26-22(18)27-20/h4,6-8,12-13,17,21H,1-3,5,9-11,14-16H2,(H,26,27)(H,28,30)(H,31,32)/t17-,21?/m0/s1. The van der Waals surface area contributed by atoms with Gasteiger partial charge in [-0.1, -0.05) is 6.07 Å². The van der Waals surface area contributed by atoms with E-state index in [2.05, 4.69) is 32.7 Å². The van der Waals surface area contributed by atoms with E-state index in [4.69, 9.17) is 4.98 Å². The van der Waals surface area contributed by atoms with Crippen molar-refractivity contribution in [2.24, 2.45) is 5.92 Å². The zero-order valence-electron chi connectivity index (χ0n) is 18.3. The lowest BCUT2D eigenvalue weighted by molar-refractivity contribution is -0.139. The third kappa shape index (κ3) is 5.82. The smallest absolute Gasteiger partial charge is 0.326 e. The first kappa shape index (κ1) is 22.2. The van der Waals surface area contributed by atoms with Gasteiger partial charge < -0.3 is 20.6 Å². The highest BCUT2D eigenvalue weighted by atomic mass is 16.4. The number of carboxylic acid groups (broad SMARTS) is 1. The molecule has 3 N–H and O–H groups in total. The molecule has 0 radical (unpaired) electrons. The summed E-state index contributed by atoms with van der Waals surface area (Å²) in [4.78, 5) is 34.9. The molecule has 4 rings (SSSR count). The van der Waals surface area contributed by atoms with Crippen LogP contribution in [0.4, 0.5) is 5.82 Å². The molecule has 0 aromatic carbocycles. The Balaban J connectivity index is 1.22. The molecule has 4 heterocycles. The second kappa shape index (κ2) is 10.5. The Morgan fingerprint density at radius 2 is 2.09 bits per heavy atom. The van der Waals surface area contributed by atoms with Gasteiger partial charge in [0.25, 0.3) is 5.91 Å². The molecule has 2 aromatic rings. The molecule has 8 nitrogen and oxygen atoms in total. The van der Waals surface area contributed by atoms with E-state index in [0.29, 0.717) is 24.4 Å². The largest absolute Gasteiger partial charge is 0.480 e. The number of aryl methyl sites for hydroxylation is 2. The molecule has 2 aliphatic rings. The maximum Gasteiger partial charge on any atom is 0.326 e. The van der Waals surface area contributed by atoms with Crippen molar-refractivity contribution in [1.82, 2.24) is 20.2 Å². The van der Waals surface area contributed by atoms with Crippen molar-refractivity contribution in [3.8, 4) is 0 Å². The van der Waals surface area contributed by atoms with E-state index in [1.54, 1.807) is 12.1 Å². The summed E-state index contributed by atoms with van der Waals surface area (Å²) in [5.74, 6) is 0.257. The lowest BCUT2D eigenvalue weighted by Crippen LogP contribution is -2.43. The van der Waals surface area contributed by atoms with Crippen molar-refractivity contribution in [1.29, 1.82) is 0 Å². The van der Waals surface area contributed by atoms with Gasteiger partial charge in [0.1, 0.15) is 11.9 Å². The fraction of sp³-hybridized carbons (Fsp3) is 0.500. The summed E-state index contributed by atoms with van der Waals surface area (Å²) in [5.41, 5.74) is 2.87. The number of carboxylic acids is 1. The second-order valence-corrected chi connectivity index (χ2v) is 8.72. The van der Waals surface area contributed by atoms with Crippen molar-refractivity contribution in [2.75, 3.05) is 31.5 Å². The van der Waals surface area contributed by atoms with Gasteiger partial charge in [-0.2, -0.15) is 0 Å². The maximum atomic E-state index is 12.3. The molecule has 2 aromatic heterocycles. The summed E-state index contributed by atoms with van der Waals surface area (Å²) in [5, 5.41) is 15.6. The number of amides is 1. The predicted octanol–water partition coefficient (Wildman–Crippen LogP) is 2.36. The molecule has 170 valence electrons. The number of nitrogens with zero attached hydrogens (tertiary/aromatic N) is 3. The first-order chi connectivity index (χ1) is 15.6. The number of nitrogens with one attached hydrogen (secondary N) is 2. The van der Waals surface area contributed by atoms with Crippen LogP contribution < -0.4 is 10.6 Å². The Hall–Kier alpha value is -3.00. The number of hydrogen-bond acceptors (Lipinski definition) is 6. The highest BCUT2D eigenvalue weighted by molar-refractivity contribution is 5.96. The van der Waals surface area contributed by atoms with Crippen LogP contribution in [0.3, 0.4) is 0 Å². The number of carbonyl (C=O) groups is 2. The number of carbonyl (C=O) groups excluding carboxylic acids is 1. The van der Waals surface area contributed by atoms with Gasteiger partial charge in [0.05, 0.1) is 0 Å².